The fourth-order valence-electron chi connectivity index (χ4n) is 5.77. The minimum atomic E-state index is -1.34. The number of fused-ring (bicyclic) bond motifs is 2. The highest BCUT2D eigenvalue weighted by atomic mass is 16.4. The number of imidazole rings is 1. The lowest BCUT2D eigenvalue weighted by atomic mass is 9.94. The van der Waals surface area contributed by atoms with Gasteiger partial charge in [0.2, 0.25) is 0 Å². The van der Waals surface area contributed by atoms with Gasteiger partial charge in [0, 0.05) is 39.8 Å². The number of amides is 1. The maximum Gasteiger partial charge on any atom is 0.331 e. The van der Waals surface area contributed by atoms with Crippen LogP contribution in [0.1, 0.15) is 65.7 Å². The van der Waals surface area contributed by atoms with Crippen LogP contribution in [0, 0.1) is 11.3 Å². The number of nitrogens with zero attached hydrogens (tertiary/aromatic N) is 3. The minimum absolute atomic E-state index is 0.00315. The van der Waals surface area contributed by atoms with Gasteiger partial charge in [0.15, 0.2) is 6.04 Å². The third kappa shape index (κ3) is 4.43. The molecule has 9 nitrogen and oxygen atoms in total. The van der Waals surface area contributed by atoms with Crippen LogP contribution in [-0.2, 0) is 4.79 Å². The molecule has 1 saturated carbocycles. The van der Waals surface area contributed by atoms with Crippen LogP contribution in [0.2, 0.25) is 0 Å². The molecular weight excluding hydrogens is 506 g/mol. The summed E-state index contributed by atoms with van der Waals surface area (Å²) in [4.78, 5) is 33.5. The van der Waals surface area contributed by atoms with Crippen LogP contribution in [0.4, 0.5) is 0 Å². The first-order chi connectivity index (χ1) is 19.4. The number of carbonyl (C=O) groups excluding carboxylic acids is 1. The molecule has 1 aliphatic rings. The molecule has 0 unspecified atom stereocenters. The third-order valence-corrected chi connectivity index (χ3v) is 7.71. The van der Waals surface area contributed by atoms with E-state index in [4.69, 9.17) is 4.98 Å². The van der Waals surface area contributed by atoms with Gasteiger partial charge in [-0.3, -0.25) is 4.79 Å². The number of nitriles is 1. The van der Waals surface area contributed by atoms with Gasteiger partial charge < -0.3 is 25.1 Å². The van der Waals surface area contributed by atoms with E-state index in [1.54, 1.807) is 24.3 Å². The van der Waals surface area contributed by atoms with Crippen molar-refractivity contribution in [3.63, 3.8) is 0 Å². The Morgan fingerprint density at radius 3 is 2.65 bits per heavy atom. The van der Waals surface area contributed by atoms with E-state index in [1.807, 2.05) is 24.3 Å². The first-order valence-electron chi connectivity index (χ1n) is 13.3. The Hall–Kier alpha value is -5.10. The number of aliphatic carboxylic acids is 1. The monoisotopic (exact) mass is 533 g/mol. The molecule has 0 radical (unpaired) electrons. The smallest absolute Gasteiger partial charge is 0.331 e. The SMILES string of the molecule is N#Cc1ccccc1-c1nc2cc(C(=O)N[C@H](C(=O)O)c3c[nH]c4ccc(O)cc34)ccc2n1C1CCCCC1. The number of phenolic OH excluding ortho intramolecular Hbond substituents is 1. The fraction of sp³-hybridized carbons (Fsp3) is 0.226. The van der Waals surface area contributed by atoms with Crippen LogP contribution >= 0.6 is 0 Å². The molecule has 9 heteroatoms. The van der Waals surface area contributed by atoms with E-state index in [2.05, 4.69) is 20.9 Å². The van der Waals surface area contributed by atoms with Crippen molar-refractivity contribution in [3.8, 4) is 23.2 Å². The second-order valence-electron chi connectivity index (χ2n) is 10.2. The minimum Gasteiger partial charge on any atom is -0.508 e. The van der Waals surface area contributed by atoms with Gasteiger partial charge in [-0.2, -0.15) is 5.26 Å². The van der Waals surface area contributed by atoms with Gasteiger partial charge in [-0.25, -0.2) is 9.78 Å². The summed E-state index contributed by atoms with van der Waals surface area (Å²) in [6, 6.07) is 18.4. The van der Waals surface area contributed by atoms with Gasteiger partial charge in [0.1, 0.15) is 11.6 Å². The number of H-pyrrole nitrogens is 1. The van der Waals surface area contributed by atoms with Gasteiger partial charge in [-0.05, 0) is 61.4 Å². The molecule has 0 bridgehead atoms. The first kappa shape index (κ1) is 25.2. The zero-order chi connectivity index (χ0) is 27.8. The van der Waals surface area contributed by atoms with Gasteiger partial charge in [0.05, 0.1) is 22.7 Å². The Labute approximate surface area is 229 Å². The van der Waals surface area contributed by atoms with E-state index in [1.165, 1.54) is 24.8 Å². The first-order valence-corrected chi connectivity index (χ1v) is 13.3. The van der Waals surface area contributed by atoms with Gasteiger partial charge in [-0.15, -0.1) is 0 Å². The molecule has 0 saturated heterocycles. The number of rotatable bonds is 6. The highest BCUT2D eigenvalue weighted by Crippen LogP contribution is 2.37. The number of aromatic nitrogens is 3. The summed E-state index contributed by atoms with van der Waals surface area (Å²) < 4.78 is 2.20. The summed E-state index contributed by atoms with van der Waals surface area (Å²) in [7, 11) is 0. The maximum absolute atomic E-state index is 13.4. The summed E-state index contributed by atoms with van der Waals surface area (Å²) in [5.41, 5.74) is 4.00. The Morgan fingerprint density at radius 2 is 1.88 bits per heavy atom. The number of hydrogen-bond acceptors (Lipinski definition) is 5. The summed E-state index contributed by atoms with van der Waals surface area (Å²) in [5, 5.41) is 32.8. The number of nitrogens with one attached hydrogen (secondary N) is 2. The largest absolute Gasteiger partial charge is 0.508 e. The van der Waals surface area contributed by atoms with Crippen LogP contribution in [0.3, 0.4) is 0 Å². The van der Waals surface area contributed by atoms with Crippen LogP contribution in [0.25, 0.3) is 33.3 Å². The molecule has 6 rings (SSSR count). The molecule has 5 aromatic rings. The normalized spacial score (nSPS) is 14.7. The Bertz CT molecular complexity index is 1810. The van der Waals surface area contributed by atoms with Crippen molar-refractivity contribution < 1.29 is 19.8 Å². The quantitative estimate of drug-likeness (QED) is 0.216. The summed E-state index contributed by atoms with van der Waals surface area (Å²) in [6.07, 6.45) is 6.97. The molecular formula is C31H27N5O4. The Balaban J connectivity index is 1.39. The van der Waals surface area contributed by atoms with E-state index in [0.29, 0.717) is 33.4 Å². The van der Waals surface area contributed by atoms with Crippen molar-refractivity contribution in [2.45, 2.75) is 44.2 Å². The van der Waals surface area contributed by atoms with Crippen molar-refractivity contribution in [2.75, 3.05) is 0 Å². The molecule has 1 aliphatic carbocycles. The van der Waals surface area contributed by atoms with Crippen LogP contribution in [0.5, 0.6) is 5.75 Å². The molecule has 2 aromatic heterocycles. The molecule has 0 aliphatic heterocycles. The van der Waals surface area contributed by atoms with E-state index in [-0.39, 0.29) is 17.4 Å². The lowest BCUT2D eigenvalue weighted by Gasteiger charge is -2.26. The Morgan fingerprint density at radius 1 is 1.07 bits per heavy atom. The number of benzene rings is 3. The standard InChI is InChI=1S/C31H27N5O4/c32-16-19-6-4-5-9-22(19)29-34-26-14-18(10-13-27(26)36(29)20-7-2-1-3-8-20)30(38)35-28(31(39)40)24-17-33-25-12-11-21(37)15-23(24)25/h4-6,9-15,17,20,28,33,37H,1-3,7-8H2,(H,35,38)(H,39,40)/t28-/m0/s1. The second kappa shape index (κ2) is 10.2. The lowest BCUT2D eigenvalue weighted by Crippen LogP contribution is -2.33. The molecule has 2 heterocycles. The third-order valence-electron chi connectivity index (χ3n) is 7.71. The molecule has 1 fully saturated rings. The number of hydrogen-bond donors (Lipinski definition) is 4. The number of aromatic hydroxyl groups is 1. The average molecular weight is 534 g/mol. The summed E-state index contributed by atoms with van der Waals surface area (Å²) >= 11 is 0. The van der Waals surface area contributed by atoms with Crippen LogP contribution in [0.15, 0.2) is 66.9 Å². The van der Waals surface area contributed by atoms with Crippen molar-refractivity contribution >= 4 is 33.8 Å². The molecule has 1 amide bonds. The Kier molecular flexibility index (Phi) is 6.44. The average Bonchev–Trinajstić information content (AvgIpc) is 3.56. The molecule has 3 aromatic carbocycles. The van der Waals surface area contributed by atoms with Crippen molar-refractivity contribution in [2.24, 2.45) is 0 Å². The van der Waals surface area contributed by atoms with E-state index in [9.17, 15) is 25.1 Å². The highest BCUT2D eigenvalue weighted by Gasteiger charge is 2.27. The van der Waals surface area contributed by atoms with Crippen LogP contribution in [-0.4, -0.2) is 36.6 Å². The van der Waals surface area contributed by atoms with Gasteiger partial charge in [-0.1, -0.05) is 31.4 Å². The molecule has 4 N–H and O–H groups in total. The predicted molar refractivity (Wildman–Crippen MR) is 150 cm³/mol. The summed E-state index contributed by atoms with van der Waals surface area (Å²) in [5.74, 6) is -1.10. The van der Waals surface area contributed by atoms with E-state index in [0.717, 1.165) is 36.8 Å². The number of carboxylic acid groups (broad SMARTS) is 1. The van der Waals surface area contributed by atoms with Crippen LogP contribution < -0.4 is 5.32 Å². The second-order valence-corrected chi connectivity index (χ2v) is 10.2. The molecule has 200 valence electrons. The molecule has 40 heavy (non-hydrogen) atoms. The zero-order valence-corrected chi connectivity index (χ0v) is 21.6. The number of phenols is 1. The topological polar surface area (TPSA) is 144 Å². The molecule has 1 atom stereocenters. The lowest BCUT2D eigenvalue weighted by molar-refractivity contribution is -0.139. The van der Waals surface area contributed by atoms with Crippen molar-refractivity contribution in [3.05, 3.63) is 83.6 Å². The maximum atomic E-state index is 13.4. The number of carboxylic acids is 1. The van der Waals surface area contributed by atoms with Crippen molar-refractivity contribution in [1.29, 1.82) is 5.26 Å². The zero-order valence-electron chi connectivity index (χ0n) is 21.6. The van der Waals surface area contributed by atoms with E-state index < -0.39 is 17.9 Å². The van der Waals surface area contributed by atoms with Crippen molar-refractivity contribution in [1.82, 2.24) is 19.9 Å². The van der Waals surface area contributed by atoms with Gasteiger partial charge >= 0.3 is 5.97 Å². The van der Waals surface area contributed by atoms with Gasteiger partial charge in [0.25, 0.3) is 5.91 Å². The molecule has 0 spiro atoms. The predicted octanol–water partition coefficient (Wildman–Crippen LogP) is 5.82. The highest BCUT2D eigenvalue weighted by molar-refractivity contribution is 6.01. The summed E-state index contributed by atoms with van der Waals surface area (Å²) in [6.45, 7) is 0. The van der Waals surface area contributed by atoms with E-state index >= 15 is 0 Å². The number of carbonyl (C=O) groups is 2. The fourth-order valence-corrected chi connectivity index (χ4v) is 5.77. The number of aromatic amines is 1.